The van der Waals surface area contributed by atoms with Gasteiger partial charge in [0, 0.05) is 37.8 Å². The molecule has 23 heavy (non-hydrogen) atoms. The fourth-order valence-corrected chi connectivity index (χ4v) is 4.40. The fourth-order valence-electron chi connectivity index (χ4n) is 4.40. The maximum atomic E-state index is 12.8. The van der Waals surface area contributed by atoms with Gasteiger partial charge in [-0.2, -0.15) is 0 Å². The van der Waals surface area contributed by atoms with Gasteiger partial charge in [-0.15, -0.1) is 0 Å². The van der Waals surface area contributed by atoms with Crippen molar-refractivity contribution in [3.8, 4) is 0 Å². The van der Waals surface area contributed by atoms with Gasteiger partial charge in [-0.1, -0.05) is 13.8 Å². The molecule has 0 bridgehead atoms. The zero-order chi connectivity index (χ0) is 16.3. The van der Waals surface area contributed by atoms with Crippen molar-refractivity contribution in [2.45, 2.75) is 52.0 Å². The number of rotatable bonds is 1. The molecule has 5 nitrogen and oxygen atoms in total. The van der Waals surface area contributed by atoms with E-state index in [2.05, 4.69) is 19.2 Å². The van der Waals surface area contributed by atoms with E-state index in [9.17, 15) is 4.79 Å². The van der Waals surface area contributed by atoms with Crippen molar-refractivity contribution in [3.63, 3.8) is 0 Å². The molecule has 132 valence electrons. The molecule has 2 saturated heterocycles. The van der Waals surface area contributed by atoms with Crippen LogP contribution in [0.4, 0.5) is 4.79 Å². The van der Waals surface area contributed by atoms with Gasteiger partial charge >= 0.3 is 6.03 Å². The first kappa shape index (κ1) is 17.0. The second kappa shape index (κ2) is 7.39. The molecule has 1 N–H and O–H groups in total. The van der Waals surface area contributed by atoms with Gasteiger partial charge in [-0.3, -0.25) is 0 Å². The molecule has 1 spiro atoms. The first-order valence-corrected chi connectivity index (χ1v) is 9.29. The number of carbonyl (C=O) groups is 1. The van der Waals surface area contributed by atoms with E-state index in [4.69, 9.17) is 9.47 Å². The Labute approximate surface area is 140 Å². The molecule has 5 heteroatoms. The van der Waals surface area contributed by atoms with Gasteiger partial charge in [0.05, 0.1) is 13.2 Å². The van der Waals surface area contributed by atoms with E-state index in [0.717, 1.165) is 51.5 Å². The molecule has 2 heterocycles. The molecule has 3 aliphatic rings. The number of carbonyl (C=O) groups excluding carboxylic acids is 1. The Morgan fingerprint density at radius 3 is 2.65 bits per heavy atom. The fraction of sp³-hybridized carbons (Fsp3) is 0.944. The summed E-state index contributed by atoms with van der Waals surface area (Å²) in [5.74, 6) is 1.36. The van der Waals surface area contributed by atoms with Crippen LogP contribution in [-0.4, -0.2) is 56.5 Å². The van der Waals surface area contributed by atoms with E-state index in [1.807, 2.05) is 4.90 Å². The Kier molecular flexibility index (Phi) is 5.47. The third-order valence-electron chi connectivity index (χ3n) is 6.02. The van der Waals surface area contributed by atoms with Gasteiger partial charge in [0.15, 0.2) is 0 Å². The lowest BCUT2D eigenvalue weighted by molar-refractivity contribution is -0.0296. The van der Waals surface area contributed by atoms with Gasteiger partial charge in [0.1, 0.15) is 0 Å². The van der Waals surface area contributed by atoms with Crippen LogP contribution in [-0.2, 0) is 9.47 Å². The zero-order valence-electron chi connectivity index (χ0n) is 14.7. The summed E-state index contributed by atoms with van der Waals surface area (Å²) in [6.07, 6.45) is 5.54. The first-order chi connectivity index (χ1) is 11.1. The average Bonchev–Trinajstić information content (AvgIpc) is 2.74. The van der Waals surface area contributed by atoms with Crippen molar-refractivity contribution in [1.82, 2.24) is 10.2 Å². The molecule has 0 aromatic heterocycles. The van der Waals surface area contributed by atoms with Gasteiger partial charge in [-0.05, 0) is 43.9 Å². The Morgan fingerprint density at radius 2 is 1.91 bits per heavy atom. The lowest BCUT2D eigenvalue weighted by Gasteiger charge is -2.39. The lowest BCUT2D eigenvalue weighted by atomic mass is 9.79. The minimum atomic E-state index is 0.0960. The summed E-state index contributed by atoms with van der Waals surface area (Å²) in [6.45, 7) is 9.07. The molecule has 0 aromatic rings. The summed E-state index contributed by atoms with van der Waals surface area (Å²) < 4.78 is 11.3. The van der Waals surface area contributed by atoms with Crippen LogP contribution in [0.1, 0.15) is 46.0 Å². The quantitative estimate of drug-likeness (QED) is 0.807. The largest absolute Gasteiger partial charge is 0.381 e. The summed E-state index contributed by atoms with van der Waals surface area (Å²) in [6, 6.07) is 0.432. The lowest BCUT2D eigenvalue weighted by Crippen LogP contribution is -2.52. The number of ether oxygens (including phenoxy) is 2. The minimum absolute atomic E-state index is 0.0960. The highest BCUT2D eigenvalue weighted by atomic mass is 16.5. The summed E-state index contributed by atoms with van der Waals surface area (Å²) in [7, 11) is 0. The molecule has 1 aliphatic carbocycles. The number of urea groups is 1. The Bertz CT molecular complexity index is 409. The summed E-state index contributed by atoms with van der Waals surface area (Å²) in [5.41, 5.74) is 0.0960. The highest BCUT2D eigenvalue weighted by molar-refractivity contribution is 5.74. The van der Waals surface area contributed by atoms with Crippen LogP contribution >= 0.6 is 0 Å². The number of amides is 2. The van der Waals surface area contributed by atoms with Crippen molar-refractivity contribution >= 4 is 6.03 Å². The van der Waals surface area contributed by atoms with Gasteiger partial charge in [0.25, 0.3) is 0 Å². The van der Waals surface area contributed by atoms with Gasteiger partial charge in [-0.25, -0.2) is 4.79 Å². The van der Waals surface area contributed by atoms with Crippen LogP contribution in [0.5, 0.6) is 0 Å². The predicted molar refractivity (Wildman–Crippen MR) is 89.4 cm³/mol. The van der Waals surface area contributed by atoms with Crippen LogP contribution in [0.3, 0.4) is 0 Å². The smallest absolute Gasteiger partial charge is 0.317 e. The topological polar surface area (TPSA) is 50.8 Å². The van der Waals surface area contributed by atoms with E-state index in [-0.39, 0.29) is 11.4 Å². The first-order valence-electron chi connectivity index (χ1n) is 9.29. The number of nitrogens with one attached hydrogen (secondary N) is 1. The Hall–Kier alpha value is -0.810. The molecular formula is C18H32N2O3. The maximum Gasteiger partial charge on any atom is 0.317 e. The van der Waals surface area contributed by atoms with Crippen molar-refractivity contribution < 1.29 is 14.3 Å². The minimum Gasteiger partial charge on any atom is -0.381 e. The summed E-state index contributed by atoms with van der Waals surface area (Å²) in [5, 5.41) is 3.31. The second-order valence-electron chi connectivity index (χ2n) is 8.04. The molecule has 2 amide bonds. The Morgan fingerprint density at radius 1 is 1.13 bits per heavy atom. The third-order valence-corrected chi connectivity index (χ3v) is 6.02. The van der Waals surface area contributed by atoms with E-state index < -0.39 is 0 Å². The Balaban J connectivity index is 1.59. The second-order valence-corrected chi connectivity index (χ2v) is 8.04. The highest BCUT2D eigenvalue weighted by Crippen LogP contribution is 2.34. The van der Waals surface area contributed by atoms with Crippen LogP contribution in [0, 0.1) is 17.3 Å². The maximum absolute atomic E-state index is 12.8. The predicted octanol–water partition coefficient (Wildman–Crippen LogP) is 2.65. The standard InChI is InChI=1S/C18H32N2O3/c1-14-3-4-16(15(2)11-14)19-17(21)20-7-10-23-13-18(12-20)5-8-22-9-6-18/h14-16H,3-13H2,1-2H3,(H,19,21)/t14-,15-,16-/m1/s1. The van der Waals surface area contributed by atoms with E-state index >= 15 is 0 Å². The summed E-state index contributed by atoms with van der Waals surface area (Å²) >= 11 is 0. The van der Waals surface area contributed by atoms with Gasteiger partial charge < -0.3 is 19.7 Å². The normalized spacial score (nSPS) is 34.9. The van der Waals surface area contributed by atoms with Gasteiger partial charge in [0.2, 0.25) is 0 Å². The number of nitrogens with zero attached hydrogens (tertiary/aromatic N) is 1. The molecule has 3 rings (SSSR count). The number of hydrogen-bond acceptors (Lipinski definition) is 3. The van der Waals surface area contributed by atoms with E-state index in [1.165, 1.54) is 12.8 Å². The van der Waals surface area contributed by atoms with Crippen LogP contribution in [0.2, 0.25) is 0 Å². The molecule has 3 atom stereocenters. The monoisotopic (exact) mass is 324 g/mol. The molecule has 0 radical (unpaired) electrons. The zero-order valence-corrected chi connectivity index (χ0v) is 14.7. The van der Waals surface area contributed by atoms with Crippen molar-refractivity contribution in [1.29, 1.82) is 0 Å². The van der Waals surface area contributed by atoms with Crippen LogP contribution in [0.25, 0.3) is 0 Å². The highest BCUT2D eigenvalue weighted by Gasteiger charge is 2.38. The third kappa shape index (κ3) is 4.18. The molecule has 0 aromatic carbocycles. The van der Waals surface area contributed by atoms with Crippen molar-refractivity contribution in [3.05, 3.63) is 0 Å². The molecule has 3 fully saturated rings. The van der Waals surface area contributed by atoms with Crippen LogP contribution in [0.15, 0.2) is 0 Å². The van der Waals surface area contributed by atoms with Crippen molar-refractivity contribution in [2.75, 3.05) is 39.5 Å². The van der Waals surface area contributed by atoms with E-state index in [1.54, 1.807) is 0 Å². The van der Waals surface area contributed by atoms with Crippen molar-refractivity contribution in [2.24, 2.45) is 17.3 Å². The van der Waals surface area contributed by atoms with Crippen LogP contribution < -0.4 is 5.32 Å². The average molecular weight is 324 g/mol. The summed E-state index contributed by atoms with van der Waals surface area (Å²) in [4.78, 5) is 14.8. The molecular weight excluding hydrogens is 292 g/mol. The molecule has 2 aliphatic heterocycles. The van der Waals surface area contributed by atoms with E-state index in [0.29, 0.717) is 25.1 Å². The molecule has 1 saturated carbocycles. The number of hydrogen-bond donors (Lipinski definition) is 1. The SMILES string of the molecule is C[C@@H]1CC[C@@H](NC(=O)N2CCOCC3(CCOCC3)C2)[C@H](C)C1. The molecule has 0 unspecified atom stereocenters.